The van der Waals surface area contributed by atoms with Gasteiger partial charge in [0.1, 0.15) is 10.9 Å². The second kappa shape index (κ2) is 6.65. The molecule has 0 heterocycles. The van der Waals surface area contributed by atoms with Gasteiger partial charge in [-0.05, 0) is 19.1 Å². The Morgan fingerprint density at radius 1 is 1.63 bits per heavy atom. The van der Waals surface area contributed by atoms with Crippen LogP contribution in [0.15, 0.2) is 46.8 Å². The largest absolute Gasteiger partial charge is 0.459 e. The van der Waals surface area contributed by atoms with Crippen molar-refractivity contribution in [3.63, 3.8) is 0 Å². The zero-order valence-corrected chi connectivity index (χ0v) is 10.7. The maximum atomic E-state index is 13.5. The van der Waals surface area contributed by atoms with Crippen molar-refractivity contribution in [2.75, 3.05) is 0 Å². The third-order valence-corrected chi connectivity index (χ3v) is 2.02. The Kier molecular flexibility index (Phi) is 5.20. The van der Waals surface area contributed by atoms with Gasteiger partial charge >= 0.3 is 0 Å². The maximum absolute atomic E-state index is 13.5. The summed E-state index contributed by atoms with van der Waals surface area (Å²) in [5.74, 6) is -0.590. The number of aliphatic imine (C=N–C) groups is 1. The predicted octanol–water partition coefficient (Wildman–Crippen LogP) is 3.80. The van der Waals surface area contributed by atoms with E-state index in [9.17, 15) is 14.5 Å². The minimum absolute atomic E-state index is 0.102. The number of allylic oxidation sites excluding steroid dienone is 2. The fourth-order valence-electron chi connectivity index (χ4n) is 1.12. The van der Waals surface area contributed by atoms with Crippen molar-refractivity contribution in [1.29, 1.82) is 0 Å². The van der Waals surface area contributed by atoms with Gasteiger partial charge in [-0.15, -0.1) is 0 Å². The number of nitrogens with zero attached hydrogens (tertiary/aromatic N) is 2. The summed E-state index contributed by atoms with van der Waals surface area (Å²) in [5.41, 5.74) is -0.341. The van der Waals surface area contributed by atoms with Gasteiger partial charge in [0.25, 0.3) is 5.69 Å². The average Bonchev–Trinajstić information content (AvgIpc) is 2.31. The highest BCUT2D eigenvalue weighted by atomic mass is 35.5. The van der Waals surface area contributed by atoms with E-state index in [0.29, 0.717) is 5.76 Å². The lowest BCUT2D eigenvalue weighted by atomic mass is 10.3. The molecule has 7 heteroatoms. The first kappa shape index (κ1) is 14.8. The molecule has 1 rings (SSSR count). The minimum atomic E-state index is -0.819. The molecule has 0 saturated carbocycles. The van der Waals surface area contributed by atoms with Crippen LogP contribution in [0, 0.1) is 15.9 Å². The van der Waals surface area contributed by atoms with E-state index in [2.05, 4.69) is 11.6 Å². The van der Waals surface area contributed by atoms with Gasteiger partial charge in [-0.1, -0.05) is 18.2 Å². The maximum Gasteiger partial charge on any atom is 0.272 e. The first-order valence-corrected chi connectivity index (χ1v) is 5.45. The van der Waals surface area contributed by atoms with Crippen LogP contribution in [0.4, 0.5) is 10.1 Å². The summed E-state index contributed by atoms with van der Waals surface area (Å²) < 4.78 is 18.7. The monoisotopic (exact) mass is 284 g/mol. The van der Waals surface area contributed by atoms with Crippen molar-refractivity contribution in [2.24, 2.45) is 4.99 Å². The third-order valence-electron chi connectivity index (χ3n) is 1.92. The molecule has 1 aromatic carbocycles. The van der Waals surface area contributed by atoms with Crippen LogP contribution in [-0.4, -0.2) is 11.1 Å². The molecule has 1 aromatic rings. The lowest BCUT2D eigenvalue weighted by molar-refractivity contribution is -0.385. The van der Waals surface area contributed by atoms with Crippen LogP contribution in [0.5, 0.6) is 5.75 Å². The molecule has 0 saturated heterocycles. The Bertz CT molecular complexity index is 570. The average molecular weight is 285 g/mol. The number of nitro benzene ring substituents is 1. The number of hydrogen-bond acceptors (Lipinski definition) is 4. The molecule has 19 heavy (non-hydrogen) atoms. The fourth-order valence-corrected chi connectivity index (χ4v) is 1.17. The van der Waals surface area contributed by atoms with E-state index in [-0.39, 0.29) is 16.6 Å². The van der Waals surface area contributed by atoms with E-state index < -0.39 is 10.7 Å². The molecule has 0 bridgehead atoms. The molecule has 0 aromatic heterocycles. The molecule has 0 aliphatic heterocycles. The Morgan fingerprint density at radius 3 is 2.84 bits per heavy atom. The van der Waals surface area contributed by atoms with Gasteiger partial charge in [-0.2, -0.15) is 0 Å². The van der Waals surface area contributed by atoms with Gasteiger partial charge in [0, 0.05) is 12.3 Å². The zero-order valence-electron chi connectivity index (χ0n) is 9.97. The second-order valence-electron chi connectivity index (χ2n) is 3.41. The highest BCUT2D eigenvalue weighted by Crippen LogP contribution is 2.23. The standard InChI is InChI=1S/C12H10ClFN2O3/c1-8(5-6-15-9(2)13)19-12-4-3-10(16(17)18)7-11(12)14/h3-7H,2H2,1H3/b8-5+,15-6-. The Balaban J connectivity index is 2.83. The quantitative estimate of drug-likeness (QED) is 0.272. The number of ether oxygens (including phenoxy) is 1. The predicted molar refractivity (Wildman–Crippen MR) is 70.9 cm³/mol. The smallest absolute Gasteiger partial charge is 0.272 e. The first-order chi connectivity index (χ1) is 8.90. The number of halogens is 2. The van der Waals surface area contributed by atoms with E-state index in [0.717, 1.165) is 12.1 Å². The van der Waals surface area contributed by atoms with Crippen LogP contribution in [0.25, 0.3) is 0 Å². The van der Waals surface area contributed by atoms with Gasteiger partial charge in [0.05, 0.1) is 11.0 Å². The van der Waals surface area contributed by atoms with Gasteiger partial charge in [0.2, 0.25) is 0 Å². The van der Waals surface area contributed by atoms with Gasteiger partial charge in [-0.25, -0.2) is 9.38 Å². The summed E-state index contributed by atoms with van der Waals surface area (Å²) in [6, 6.07) is 3.13. The lowest BCUT2D eigenvalue weighted by Gasteiger charge is -2.05. The second-order valence-corrected chi connectivity index (χ2v) is 3.84. The molecule has 0 aliphatic rings. The molecule has 0 aliphatic carbocycles. The number of non-ortho nitro benzene ring substituents is 1. The SMILES string of the molecule is C=C(Cl)/N=C\C=C(/C)Oc1ccc([N+](=O)[O-])cc1F. The van der Waals surface area contributed by atoms with Crippen LogP contribution in [0.3, 0.4) is 0 Å². The summed E-state index contributed by atoms with van der Waals surface area (Å²) in [7, 11) is 0. The van der Waals surface area contributed by atoms with Crippen LogP contribution in [0.2, 0.25) is 0 Å². The van der Waals surface area contributed by atoms with E-state index >= 15 is 0 Å². The molecule has 0 amide bonds. The summed E-state index contributed by atoms with van der Waals surface area (Å²) in [6.45, 7) is 4.92. The van der Waals surface area contributed by atoms with Crippen molar-refractivity contribution >= 4 is 23.5 Å². The summed E-state index contributed by atoms with van der Waals surface area (Å²) in [4.78, 5) is 13.4. The molecule has 0 fully saturated rings. The fraction of sp³-hybridized carbons (Fsp3) is 0.0833. The molecule has 0 unspecified atom stereocenters. The van der Waals surface area contributed by atoms with Crippen LogP contribution in [0.1, 0.15) is 6.92 Å². The summed E-state index contributed by atoms with van der Waals surface area (Å²) in [5, 5.41) is 10.5. The molecular weight excluding hydrogens is 275 g/mol. The number of nitro groups is 1. The number of rotatable bonds is 5. The topological polar surface area (TPSA) is 64.7 Å². The van der Waals surface area contributed by atoms with Crippen LogP contribution in [-0.2, 0) is 0 Å². The molecule has 0 N–H and O–H groups in total. The molecule has 5 nitrogen and oxygen atoms in total. The van der Waals surface area contributed by atoms with Gasteiger partial charge < -0.3 is 4.74 Å². The Morgan fingerprint density at radius 2 is 2.32 bits per heavy atom. The van der Waals surface area contributed by atoms with E-state index in [4.69, 9.17) is 16.3 Å². The van der Waals surface area contributed by atoms with Crippen LogP contribution >= 0.6 is 11.6 Å². The van der Waals surface area contributed by atoms with Crippen molar-refractivity contribution in [3.05, 3.63) is 57.7 Å². The minimum Gasteiger partial charge on any atom is -0.459 e. The van der Waals surface area contributed by atoms with Crippen LogP contribution < -0.4 is 4.74 Å². The number of benzene rings is 1. The Hall–Kier alpha value is -2.21. The van der Waals surface area contributed by atoms with E-state index in [1.807, 2.05) is 0 Å². The number of hydrogen-bond donors (Lipinski definition) is 0. The molecule has 0 spiro atoms. The van der Waals surface area contributed by atoms with E-state index in [1.165, 1.54) is 18.4 Å². The van der Waals surface area contributed by atoms with Gasteiger partial charge in [0.15, 0.2) is 11.6 Å². The molecule has 0 atom stereocenters. The van der Waals surface area contributed by atoms with Crippen molar-refractivity contribution < 1.29 is 14.1 Å². The first-order valence-electron chi connectivity index (χ1n) is 5.07. The highest BCUT2D eigenvalue weighted by Gasteiger charge is 2.11. The Labute approximate surface area is 113 Å². The highest BCUT2D eigenvalue weighted by molar-refractivity contribution is 6.29. The third kappa shape index (κ3) is 4.89. The molecule has 0 radical (unpaired) electrons. The van der Waals surface area contributed by atoms with Crippen molar-refractivity contribution in [1.82, 2.24) is 0 Å². The normalized spacial score (nSPS) is 11.6. The van der Waals surface area contributed by atoms with Crippen molar-refractivity contribution in [3.8, 4) is 5.75 Å². The lowest BCUT2D eigenvalue weighted by Crippen LogP contribution is -1.96. The van der Waals surface area contributed by atoms with E-state index in [1.54, 1.807) is 6.92 Å². The summed E-state index contributed by atoms with van der Waals surface area (Å²) >= 11 is 5.41. The molecular formula is C12H10ClFN2O3. The summed E-state index contributed by atoms with van der Waals surface area (Å²) in [6.07, 6.45) is 2.79. The van der Waals surface area contributed by atoms with Crippen molar-refractivity contribution in [2.45, 2.75) is 6.92 Å². The van der Waals surface area contributed by atoms with Gasteiger partial charge in [-0.3, -0.25) is 10.1 Å². The molecule has 100 valence electrons. The zero-order chi connectivity index (χ0) is 14.4.